The number of phenols is 1. The van der Waals surface area contributed by atoms with Crippen LogP contribution in [0.25, 0.3) is 0 Å². The van der Waals surface area contributed by atoms with Gasteiger partial charge in [0.05, 0.1) is 5.69 Å². The summed E-state index contributed by atoms with van der Waals surface area (Å²) in [4.78, 5) is 2.28. The molecule has 0 aliphatic carbocycles. The Morgan fingerprint density at radius 2 is 2.00 bits per heavy atom. The number of aromatic hydroxyl groups is 1. The van der Waals surface area contributed by atoms with Gasteiger partial charge >= 0.3 is 0 Å². The standard InChI is InChI=1S/C15H25N3O/c1-12-3-4-14(15(19)11-12)18-9-5-13(6-10-18)17-8-7-16-2/h3-4,11,13,16-17,19H,5-10H2,1-2H3. The van der Waals surface area contributed by atoms with E-state index in [9.17, 15) is 5.11 Å². The third kappa shape index (κ3) is 3.85. The Morgan fingerprint density at radius 1 is 1.26 bits per heavy atom. The van der Waals surface area contributed by atoms with Crippen molar-refractivity contribution in [1.29, 1.82) is 0 Å². The molecule has 1 saturated heterocycles. The van der Waals surface area contributed by atoms with Crippen LogP contribution in [0, 0.1) is 6.92 Å². The number of nitrogens with zero attached hydrogens (tertiary/aromatic N) is 1. The summed E-state index contributed by atoms with van der Waals surface area (Å²) in [7, 11) is 1.98. The fourth-order valence-corrected chi connectivity index (χ4v) is 2.63. The molecule has 4 nitrogen and oxygen atoms in total. The van der Waals surface area contributed by atoms with Gasteiger partial charge in [0.25, 0.3) is 0 Å². The molecular formula is C15H25N3O. The van der Waals surface area contributed by atoms with Crippen LogP contribution in [0.4, 0.5) is 5.69 Å². The number of nitrogens with one attached hydrogen (secondary N) is 2. The number of hydrogen-bond donors (Lipinski definition) is 3. The van der Waals surface area contributed by atoms with Crippen molar-refractivity contribution >= 4 is 5.69 Å². The molecule has 0 saturated carbocycles. The van der Waals surface area contributed by atoms with Crippen LogP contribution in [0.1, 0.15) is 18.4 Å². The van der Waals surface area contributed by atoms with Gasteiger partial charge in [-0.05, 0) is 44.5 Å². The summed E-state index contributed by atoms with van der Waals surface area (Å²) in [6.45, 7) is 6.05. The van der Waals surface area contributed by atoms with Crippen molar-refractivity contribution in [2.75, 3.05) is 38.1 Å². The van der Waals surface area contributed by atoms with E-state index in [0.717, 1.165) is 50.3 Å². The Balaban J connectivity index is 1.85. The second-order valence-corrected chi connectivity index (χ2v) is 5.31. The van der Waals surface area contributed by atoms with Crippen LogP contribution in [-0.2, 0) is 0 Å². The molecule has 19 heavy (non-hydrogen) atoms. The lowest BCUT2D eigenvalue weighted by Gasteiger charge is -2.34. The number of hydrogen-bond acceptors (Lipinski definition) is 4. The first-order valence-corrected chi connectivity index (χ1v) is 7.13. The van der Waals surface area contributed by atoms with Crippen LogP contribution >= 0.6 is 0 Å². The maximum Gasteiger partial charge on any atom is 0.139 e. The molecule has 0 amide bonds. The third-order valence-corrected chi connectivity index (χ3v) is 3.77. The lowest BCUT2D eigenvalue weighted by Crippen LogP contribution is -2.44. The third-order valence-electron chi connectivity index (χ3n) is 3.77. The van der Waals surface area contributed by atoms with Crippen molar-refractivity contribution in [3.05, 3.63) is 23.8 Å². The Morgan fingerprint density at radius 3 is 2.63 bits per heavy atom. The predicted molar refractivity (Wildman–Crippen MR) is 80.0 cm³/mol. The SMILES string of the molecule is CNCCNC1CCN(c2ccc(C)cc2O)CC1. The normalized spacial score (nSPS) is 16.8. The molecule has 0 spiro atoms. The summed E-state index contributed by atoms with van der Waals surface area (Å²) >= 11 is 0. The van der Waals surface area contributed by atoms with E-state index in [-0.39, 0.29) is 0 Å². The smallest absolute Gasteiger partial charge is 0.139 e. The van der Waals surface area contributed by atoms with Crippen molar-refractivity contribution in [1.82, 2.24) is 10.6 Å². The Hall–Kier alpha value is -1.26. The quantitative estimate of drug-likeness (QED) is 0.704. The maximum atomic E-state index is 10.0. The summed E-state index contributed by atoms with van der Waals surface area (Å²) in [6, 6.07) is 6.54. The molecule has 4 heteroatoms. The molecule has 1 heterocycles. The van der Waals surface area contributed by atoms with Crippen LogP contribution in [-0.4, -0.2) is 44.4 Å². The van der Waals surface area contributed by atoms with Crippen molar-refractivity contribution < 1.29 is 5.11 Å². The highest BCUT2D eigenvalue weighted by molar-refractivity contribution is 5.59. The molecular weight excluding hydrogens is 238 g/mol. The van der Waals surface area contributed by atoms with Crippen molar-refractivity contribution in [3.8, 4) is 5.75 Å². The summed E-state index contributed by atoms with van der Waals surface area (Å²) in [5.74, 6) is 0.404. The minimum atomic E-state index is 0.404. The molecule has 1 aromatic carbocycles. The molecule has 1 aromatic rings. The molecule has 2 rings (SSSR count). The summed E-state index contributed by atoms with van der Waals surface area (Å²) in [5.41, 5.74) is 2.07. The summed E-state index contributed by atoms with van der Waals surface area (Å²) in [5, 5.41) is 16.7. The number of likely N-dealkylation sites (N-methyl/N-ethyl adjacent to an activating group) is 1. The van der Waals surface area contributed by atoms with E-state index in [0.29, 0.717) is 11.8 Å². The second kappa shape index (κ2) is 6.78. The fourth-order valence-electron chi connectivity index (χ4n) is 2.63. The fraction of sp³-hybridized carbons (Fsp3) is 0.600. The minimum absolute atomic E-state index is 0.404. The van der Waals surface area contributed by atoms with E-state index >= 15 is 0 Å². The van der Waals surface area contributed by atoms with Gasteiger partial charge in [-0.1, -0.05) is 6.07 Å². The van der Waals surface area contributed by atoms with E-state index < -0.39 is 0 Å². The highest BCUT2D eigenvalue weighted by Gasteiger charge is 2.20. The van der Waals surface area contributed by atoms with Crippen LogP contribution < -0.4 is 15.5 Å². The van der Waals surface area contributed by atoms with Gasteiger partial charge in [-0.2, -0.15) is 0 Å². The van der Waals surface area contributed by atoms with Gasteiger partial charge in [0.15, 0.2) is 0 Å². The Bertz CT molecular complexity index is 400. The largest absolute Gasteiger partial charge is 0.506 e. The van der Waals surface area contributed by atoms with E-state index in [1.54, 1.807) is 0 Å². The molecule has 0 bridgehead atoms. The summed E-state index contributed by atoms with van der Waals surface area (Å²) in [6.07, 6.45) is 2.27. The van der Waals surface area contributed by atoms with Crippen molar-refractivity contribution in [2.24, 2.45) is 0 Å². The molecule has 106 valence electrons. The molecule has 0 atom stereocenters. The van der Waals surface area contributed by atoms with Crippen LogP contribution in [0.2, 0.25) is 0 Å². The lowest BCUT2D eigenvalue weighted by molar-refractivity contribution is 0.410. The topological polar surface area (TPSA) is 47.5 Å². The lowest BCUT2D eigenvalue weighted by atomic mass is 10.0. The second-order valence-electron chi connectivity index (χ2n) is 5.31. The number of rotatable bonds is 5. The molecule has 0 unspecified atom stereocenters. The van der Waals surface area contributed by atoms with Gasteiger partial charge in [-0.15, -0.1) is 0 Å². The molecule has 3 N–H and O–H groups in total. The van der Waals surface area contributed by atoms with Gasteiger partial charge in [-0.25, -0.2) is 0 Å². The van der Waals surface area contributed by atoms with E-state index in [1.807, 2.05) is 26.1 Å². The molecule has 1 aliphatic rings. The predicted octanol–water partition coefficient (Wildman–Crippen LogP) is 1.48. The monoisotopic (exact) mass is 263 g/mol. The van der Waals surface area contributed by atoms with Crippen molar-refractivity contribution in [3.63, 3.8) is 0 Å². The van der Waals surface area contributed by atoms with Crippen LogP contribution in [0.5, 0.6) is 5.75 Å². The Kier molecular flexibility index (Phi) is 5.05. The molecule has 1 fully saturated rings. The first-order valence-electron chi connectivity index (χ1n) is 7.13. The van der Waals surface area contributed by atoms with Gasteiger partial charge in [0, 0.05) is 32.2 Å². The zero-order valence-corrected chi connectivity index (χ0v) is 11.9. The van der Waals surface area contributed by atoms with Gasteiger partial charge in [0.1, 0.15) is 5.75 Å². The first-order chi connectivity index (χ1) is 9.20. The number of anilines is 1. The number of aryl methyl sites for hydroxylation is 1. The van der Waals surface area contributed by atoms with Gasteiger partial charge in [0.2, 0.25) is 0 Å². The maximum absolute atomic E-state index is 10.0. The van der Waals surface area contributed by atoms with E-state index in [1.165, 1.54) is 0 Å². The molecule has 1 aliphatic heterocycles. The van der Waals surface area contributed by atoms with E-state index in [4.69, 9.17) is 0 Å². The molecule has 0 radical (unpaired) electrons. The summed E-state index contributed by atoms with van der Waals surface area (Å²) < 4.78 is 0. The van der Waals surface area contributed by atoms with Gasteiger partial charge < -0.3 is 20.6 Å². The van der Waals surface area contributed by atoms with Crippen molar-refractivity contribution in [2.45, 2.75) is 25.8 Å². The molecule has 0 aromatic heterocycles. The van der Waals surface area contributed by atoms with Crippen LogP contribution in [0.3, 0.4) is 0 Å². The number of phenolic OH excluding ortho intramolecular Hbond substituents is 1. The number of piperidine rings is 1. The highest BCUT2D eigenvalue weighted by Crippen LogP contribution is 2.30. The average Bonchev–Trinajstić information content (AvgIpc) is 2.40. The van der Waals surface area contributed by atoms with Crippen LogP contribution in [0.15, 0.2) is 18.2 Å². The number of benzene rings is 1. The Labute approximate surface area is 115 Å². The highest BCUT2D eigenvalue weighted by atomic mass is 16.3. The zero-order valence-electron chi connectivity index (χ0n) is 11.9. The van der Waals surface area contributed by atoms with Gasteiger partial charge in [-0.3, -0.25) is 0 Å². The minimum Gasteiger partial charge on any atom is -0.506 e. The average molecular weight is 263 g/mol. The zero-order chi connectivity index (χ0) is 13.7. The van der Waals surface area contributed by atoms with E-state index in [2.05, 4.69) is 21.6 Å². The first kappa shape index (κ1) is 14.2.